The zero-order valence-electron chi connectivity index (χ0n) is 15.2. The molecule has 1 aromatic carbocycles. The van der Waals surface area contributed by atoms with Gasteiger partial charge in [0.1, 0.15) is 11.6 Å². The van der Waals surface area contributed by atoms with Gasteiger partial charge in [0.05, 0.1) is 12.3 Å². The minimum Gasteiger partial charge on any atom is -0.493 e. The van der Waals surface area contributed by atoms with Crippen molar-refractivity contribution in [2.45, 2.75) is 25.7 Å². The van der Waals surface area contributed by atoms with Gasteiger partial charge in [-0.05, 0) is 44.5 Å². The van der Waals surface area contributed by atoms with Crippen LogP contribution in [0.3, 0.4) is 0 Å². The normalized spacial score (nSPS) is 18.8. The number of benzene rings is 1. The van der Waals surface area contributed by atoms with E-state index in [1.54, 1.807) is 12.1 Å². The number of ether oxygens (including phenoxy) is 1. The average molecular weight is 365 g/mol. The van der Waals surface area contributed by atoms with E-state index in [1.165, 1.54) is 43.3 Å². The smallest absolute Gasteiger partial charge is 0.407 e. The Kier molecular flexibility index (Phi) is 6.55. The zero-order valence-corrected chi connectivity index (χ0v) is 15.2. The highest BCUT2D eigenvalue weighted by molar-refractivity contribution is 5.65. The summed E-state index contributed by atoms with van der Waals surface area (Å²) in [6, 6.07) is 4.95. The number of halogens is 1. The standard InChI is InChI=1S/C19H28FN3O3/c20-17-15-16(26-14-4-9-21-7-2-1-3-8-21)5-6-18(17)22-10-12-23(13-11-22)19(24)25/h5-6,15H,1-4,7-14H2,(H,24,25). The molecule has 0 saturated carbocycles. The Bertz CT molecular complexity index is 600. The van der Waals surface area contributed by atoms with Gasteiger partial charge in [-0.1, -0.05) is 6.42 Å². The summed E-state index contributed by atoms with van der Waals surface area (Å²) in [6.07, 6.45) is 3.94. The second kappa shape index (κ2) is 9.07. The summed E-state index contributed by atoms with van der Waals surface area (Å²) in [4.78, 5) is 16.7. The van der Waals surface area contributed by atoms with Gasteiger partial charge in [0.25, 0.3) is 0 Å². The molecule has 6 nitrogen and oxygen atoms in total. The van der Waals surface area contributed by atoms with Gasteiger partial charge >= 0.3 is 6.09 Å². The number of rotatable bonds is 6. The first kappa shape index (κ1) is 18.8. The maximum Gasteiger partial charge on any atom is 0.407 e. The molecule has 1 N–H and O–H groups in total. The van der Waals surface area contributed by atoms with Gasteiger partial charge in [-0.15, -0.1) is 0 Å². The Labute approximate surface area is 154 Å². The Morgan fingerprint density at radius 1 is 1.08 bits per heavy atom. The van der Waals surface area contributed by atoms with E-state index < -0.39 is 6.09 Å². The van der Waals surface area contributed by atoms with Crippen LogP contribution in [-0.4, -0.2) is 73.4 Å². The molecule has 0 aliphatic carbocycles. The van der Waals surface area contributed by atoms with Crippen molar-refractivity contribution in [2.24, 2.45) is 0 Å². The van der Waals surface area contributed by atoms with Crippen molar-refractivity contribution >= 4 is 11.8 Å². The number of carboxylic acid groups (broad SMARTS) is 1. The first-order valence-electron chi connectivity index (χ1n) is 9.51. The lowest BCUT2D eigenvalue weighted by Gasteiger charge is -2.34. The van der Waals surface area contributed by atoms with Crippen molar-refractivity contribution in [1.29, 1.82) is 0 Å². The molecule has 0 atom stereocenters. The number of amides is 1. The molecule has 144 valence electrons. The lowest BCUT2D eigenvalue weighted by atomic mass is 10.1. The van der Waals surface area contributed by atoms with Crippen LogP contribution in [0, 0.1) is 5.82 Å². The van der Waals surface area contributed by atoms with Crippen molar-refractivity contribution < 1.29 is 19.0 Å². The number of piperidine rings is 1. The van der Waals surface area contributed by atoms with Gasteiger partial charge in [-0.2, -0.15) is 0 Å². The quantitative estimate of drug-likeness (QED) is 0.786. The minimum atomic E-state index is -0.918. The van der Waals surface area contributed by atoms with E-state index in [9.17, 15) is 9.18 Å². The zero-order chi connectivity index (χ0) is 18.4. The molecule has 0 bridgehead atoms. The Balaban J connectivity index is 1.44. The van der Waals surface area contributed by atoms with Gasteiger partial charge in [-0.25, -0.2) is 9.18 Å². The highest BCUT2D eigenvalue weighted by Crippen LogP contribution is 2.25. The predicted molar refractivity (Wildman–Crippen MR) is 98.6 cm³/mol. The molecule has 2 fully saturated rings. The monoisotopic (exact) mass is 365 g/mol. The summed E-state index contributed by atoms with van der Waals surface area (Å²) in [7, 11) is 0. The van der Waals surface area contributed by atoms with Crippen molar-refractivity contribution in [2.75, 3.05) is 57.3 Å². The van der Waals surface area contributed by atoms with Crippen molar-refractivity contribution in [3.63, 3.8) is 0 Å². The van der Waals surface area contributed by atoms with Gasteiger partial charge in [0.15, 0.2) is 0 Å². The maximum absolute atomic E-state index is 14.4. The summed E-state index contributed by atoms with van der Waals surface area (Å²) in [5.74, 6) is 0.233. The van der Waals surface area contributed by atoms with E-state index in [0.29, 0.717) is 44.2 Å². The Morgan fingerprint density at radius 3 is 2.46 bits per heavy atom. The molecule has 2 aliphatic heterocycles. The number of carbonyl (C=O) groups is 1. The summed E-state index contributed by atoms with van der Waals surface area (Å²) < 4.78 is 20.1. The second-order valence-electron chi connectivity index (χ2n) is 6.97. The van der Waals surface area contributed by atoms with Crippen LogP contribution in [0.4, 0.5) is 14.9 Å². The van der Waals surface area contributed by atoms with Crippen molar-refractivity contribution in [3.05, 3.63) is 24.0 Å². The molecule has 0 spiro atoms. The topological polar surface area (TPSA) is 56.3 Å². The van der Waals surface area contributed by atoms with Crippen LogP contribution >= 0.6 is 0 Å². The summed E-state index contributed by atoms with van der Waals surface area (Å²) in [5.41, 5.74) is 0.510. The minimum absolute atomic E-state index is 0.317. The van der Waals surface area contributed by atoms with E-state index in [1.807, 2.05) is 4.90 Å². The molecule has 1 aromatic rings. The number of hydrogen-bond donors (Lipinski definition) is 1. The van der Waals surface area contributed by atoms with Crippen LogP contribution in [0.15, 0.2) is 18.2 Å². The molecule has 1 amide bonds. The number of piperazine rings is 1. The van der Waals surface area contributed by atoms with Crippen molar-refractivity contribution in [3.8, 4) is 5.75 Å². The molecule has 2 aliphatic rings. The van der Waals surface area contributed by atoms with Crippen LogP contribution in [0.25, 0.3) is 0 Å². The Hall–Kier alpha value is -2.02. The second-order valence-corrected chi connectivity index (χ2v) is 6.97. The summed E-state index contributed by atoms with van der Waals surface area (Å²) in [5, 5.41) is 8.99. The van der Waals surface area contributed by atoms with Gasteiger partial charge in [0.2, 0.25) is 0 Å². The molecule has 2 saturated heterocycles. The number of hydrogen-bond acceptors (Lipinski definition) is 4. The van der Waals surface area contributed by atoms with E-state index in [0.717, 1.165) is 13.0 Å². The average Bonchev–Trinajstić information content (AvgIpc) is 2.66. The fourth-order valence-corrected chi connectivity index (χ4v) is 3.63. The molecule has 3 rings (SSSR count). The first-order valence-corrected chi connectivity index (χ1v) is 9.51. The highest BCUT2D eigenvalue weighted by atomic mass is 19.1. The molecule has 0 aromatic heterocycles. The van der Waals surface area contributed by atoms with E-state index >= 15 is 0 Å². The van der Waals surface area contributed by atoms with Gasteiger partial charge < -0.3 is 24.5 Å². The van der Waals surface area contributed by atoms with E-state index in [4.69, 9.17) is 9.84 Å². The van der Waals surface area contributed by atoms with Crippen LogP contribution in [0.2, 0.25) is 0 Å². The SMILES string of the molecule is O=C(O)N1CCN(c2ccc(OCCCN3CCCCC3)cc2F)CC1. The lowest BCUT2D eigenvalue weighted by molar-refractivity contribution is 0.142. The number of nitrogens with zero attached hydrogens (tertiary/aromatic N) is 3. The summed E-state index contributed by atoms with van der Waals surface area (Å²) in [6.45, 7) is 5.77. The maximum atomic E-state index is 14.4. The van der Waals surface area contributed by atoms with Gasteiger partial charge in [-0.3, -0.25) is 0 Å². The number of anilines is 1. The molecular formula is C19H28FN3O3. The van der Waals surface area contributed by atoms with Crippen LogP contribution < -0.4 is 9.64 Å². The fraction of sp³-hybridized carbons (Fsp3) is 0.632. The first-order chi connectivity index (χ1) is 12.6. The molecule has 0 radical (unpaired) electrons. The highest BCUT2D eigenvalue weighted by Gasteiger charge is 2.22. The van der Waals surface area contributed by atoms with Crippen LogP contribution in [0.5, 0.6) is 5.75 Å². The summed E-state index contributed by atoms with van der Waals surface area (Å²) >= 11 is 0. The molecular weight excluding hydrogens is 337 g/mol. The van der Waals surface area contributed by atoms with Crippen molar-refractivity contribution in [1.82, 2.24) is 9.80 Å². The molecule has 0 unspecified atom stereocenters. The largest absolute Gasteiger partial charge is 0.493 e. The predicted octanol–water partition coefficient (Wildman–Crippen LogP) is 2.88. The third kappa shape index (κ3) is 5.00. The lowest BCUT2D eigenvalue weighted by Crippen LogP contribution is -2.48. The fourth-order valence-electron chi connectivity index (χ4n) is 3.63. The number of likely N-dealkylation sites (tertiary alicyclic amines) is 1. The van der Waals surface area contributed by atoms with Crippen LogP contribution in [-0.2, 0) is 0 Å². The molecule has 7 heteroatoms. The third-order valence-corrected chi connectivity index (χ3v) is 5.15. The van der Waals surface area contributed by atoms with E-state index in [-0.39, 0.29) is 5.82 Å². The van der Waals surface area contributed by atoms with Crippen LogP contribution in [0.1, 0.15) is 25.7 Å². The van der Waals surface area contributed by atoms with E-state index in [2.05, 4.69) is 4.90 Å². The van der Waals surface area contributed by atoms with Gasteiger partial charge in [0, 0.05) is 38.8 Å². The Morgan fingerprint density at radius 2 is 1.81 bits per heavy atom. The molecule has 26 heavy (non-hydrogen) atoms. The third-order valence-electron chi connectivity index (χ3n) is 5.15. The molecule has 2 heterocycles.